The number of carbonyl (C=O) groups excluding carboxylic acids is 1. The van der Waals surface area contributed by atoms with Crippen molar-refractivity contribution in [2.75, 3.05) is 5.75 Å². The standard InChI is InChI=1S/C20H17N3O3S/c1-12-13(2)23(17-6-4-3-5-16(12)17)18(25)11-27-20-22-21-19(26-20)14-7-9-15(24)10-8-14/h3-10,24H,11H2,1-2H3. The zero-order valence-electron chi connectivity index (χ0n) is 14.8. The minimum Gasteiger partial charge on any atom is -0.508 e. The van der Waals surface area contributed by atoms with Crippen LogP contribution in [0.25, 0.3) is 22.4 Å². The number of aryl methyl sites for hydroxylation is 1. The first-order valence-corrected chi connectivity index (χ1v) is 9.38. The normalized spacial score (nSPS) is 11.2. The third-order valence-corrected chi connectivity index (χ3v) is 5.32. The number of phenols is 1. The Morgan fingerprint density at radius 2 is 1.85 bits per heavy atom. The summed E-state index contributed by atoms with van der Waals surface area (Å²) in [6.45, 7) is 3.98. The second-order valence-corrected chi connectivity index (χ2v) is 7.09. The van der Waals surface area contributed by atoms with E-state index in [1.54, 1.807) is 28.8 Å². The van der Waals surface area contributed by atoms with E-state index in [-0.39, 0.29) is 17.4 Å². The van der Waals surface area contributed by atoms with Crippen LogP contribution in [-0.2, 0) is 0 Å². The predicted molar refractivity (Wildman–Crippen MR) is 104 cm³/mol. The van der Waals surface area contributed by atoms with E-state index in [0.29, 0.717) is 16.7 Å². The number of aromatic hydroxyl groups is 1. The highest BCUT2D eigenvalue weighted by atomic mass is 32.2. The molecule has 4 rings (SSSR count). The van der Waals surface area contributed by atoms with Crippen LogP contribution in [0.1, 0.15) is 16.1 Å². The quantitative estimate of drug-likeness (QED) is 0.528. The minimum atomic E-state index is -0.0359. The molecule has 0 radical (unpaired) electrons. The van der Waals surface area contributed by atoms with Gasteiger partial charge in [0, 0.05) is 16.6 Å². The maximum atomic E-state index is 12.8. The number of fused-ring (bicyclic) bond motifs is 1. The molecule has 0 aliphatic heterocycles. The van der Waals surface area contributed by atoms with Gasteiger partial charge in [-0.2, -0.15) is 0 Å². The number of hydrogen-bond donors (Lipinski definition) is 1. The first-order chi connectivity index (χ1) is 13.0. The zero-order valence-corrected chi connectivity index (χ0v) is 15.7. The fourth-order valence-corrected chi connectivity index (χ4v) is 3.64. The number of nitrogens with zero attached hydrogens (tertiary/aromatic N) is 3. The lowest BCUT2D eigenvalue weighted by molar-refractivity contribution is 0.0944. The monoisotopic (exact) mass is 379 g/mol. The summed E-state index contributed by atoms with van der Waals surface area (Å²) in [6.07, 6.45) is 0. The van der Waals surface area contributed by atoms with E-state index in [9.17, 15) is 9.90 Å². The lowest BCUT2D eigenvalue weighted by Crippen LogP contribution is -2.14. The fourth-order valence-electron chi connectivity index (χ4n) is 3.03. The van der Waals surface area contributed by atoms with Crippen LogP contribution in [0.15, 0.2) is 58.2 Å². The maximum absolute atomic E-state index is 12.8. The predicted octanol–water partition coefficient (Wildman–Crippen LogP) is 4.45. The summed E-state index contributed by atoms with van der Waals surface area (Å²) in [5.74, 6) is 0.675. The number of phenolic OH excluding ortho intramolecular Hbond substituents is 1. The molecule has 27 heavy (non-hydrogen) atoms. The van der Waals surface area contributed by atoms with E-state index < -0.39 is 0 Å². The number of aromatic nitrogens is 3. The van der Waals surface area contributed by atoms with E-state index in [4.69, 9.17) is 4.42 Å². The topological polar surface area (TPSA) is 81.2 Å². The first kappa shape index (κ1) is 17.4. The number of carbonyl (C=O) groups is 1. The Balaban J connectivity index is 1.52. The molecule has 2 heterocycles. The molecule has 0 unspecified atom stereocenters. The zero-order chi connectivity index (χ0) is 19.0. The van der Waals surface area contributed by atoms with Crippen LogP contribution in [0.5, 0.6) is 5.75 Å². The molecule has 136 valence electrons. The molecule has 0 aliphatic rings. The molecule has 4 aromatic rings. The molecule has 6 nitrogen and oxygen atoms in total. The van der Waals surface area contributed by atoms with Crippen LogP contribution < -0.4 is 0 Å². The van der Waals surface area contributed by atoms with Crippen molar-refractivity contribution in [3.8, 4) is 17.2 Å². The van der Waals surface area contributed by atoms with Gasteiger partial charge in [0.2, 0.25) is 11.8 Å². The number of thioether (sulfide) groups is 1. The number of hydrogen-bond acceptors (Lipinski definition) is 6. The van der Waals surface area contributed by atoms with Gasteiger partial charge >= 0.3 is 0 Å². The van der Waals surface area contributed by atoms with Crippen LogP contribution in [-0.4, -0.2) is 31.5 Å². The molecule has 0 spiro atoms. The fraction of sp³-hybridized carbons (Fsp3) is 0.150. The Hall–Kier alpha value is -3.06. The molecule has 0 saturated heterocycles. The summed E-state index contributed by atoms with van der Waals surface area (Å²) in [5, 5.41) is 18.8. The molecule has 7 heteroatoms. The van der Waals surface area contributed by atoms with Crippen molar-refractivity contribution in [1.29, 1.82) is 0 Å². The third-order valence-electron chi connectivity index (χ3n) is 4.52. The van der Waals surface area contributed by atoms with Crippen LogP contribution in [0.3, 0.4) is 0 Å². The summed E-state index contributed by atoms with van der Waals surface area (Å²) in [5.41, 5.74) is 3.67. The van der Waals surface area contributed by atoms with Crippen molar-refractivity contribution in [2.24, 2.45) is 0 Å². The number of benzene rings is 2. The van der Waals surface area contributed by atoms with Gasteiger partial charge < -0.3 is 9.52 Å². The van der Waals surface area contributed by atoms with E-state index in [1.165, 1.54) is 11.8 Å². The molecule has 2 aromatic carbocycles. The van der Waals surface area contributed by atoms with Crippen molar-refractivity contribution < 1.29 is 14.3 Å². The average Bonchev–Trinajstić information content (AvgIpc) is 3.25. The Morgan fingerprint density at radius 1 is 1.11 bits per heavy atom. The van der Waals surface area contributed by atoms with Gasteiger partial charge in [-0.3, -0.25) is 9.36 Å². The van der Waals surface area contributed by atoms with E-state index in [0.717, 1.165) is 22.2 Å². The van der Waals surface area contributed by atoms with E-state index in [1.807, 2.05) is 38.1 Å². The average molecular weight is 379 g/mol. The summed E-state index contributed by atoms with van der Waals surface area (Å²) >= 11 is 1.21. The maximum Gasteiger partial charge on any atom is 0.277 e. The van der Waals surface area contributed by atoms with Crippen molar-refractivity contribution >= 4 is 28.6 Å². The highest BCUT2D eigenvalue weighted by molar-refractivity contribution is 7.99. The molecule has 0 amide bonds. The second-order valence-electron chi connectivity index (χ2n) is 6.17. The molecule has 0 saturated carbocycles. The van der Waals surface area contributed by atoms with Gasteiger partial charge in [-0.25, -0.2) is 0 Å². The lowest BCUT2D eigenvalue weighted by Gasteiger charge is -2.05. The van der Waals surface area contributed by atoms with Gasteiger partial charge in [0.25, 0.3) is 5.22 Å². The van der Waals surface area contributed by atoms with Crippen LogP contribution >= 0.6 is 11.8 Å². The van der Waals surface area contributed by atoms with E-state index >= 15 is 0 Å². The molecule has 0 aliphatic carbocycles. The van der Waals surface area contributed by atoms with Crippen molar-refractivity contribution in [2.45, 2.75) is 19.1 Å². The number of para-hydroxylation sites is 1. The Labute approximate surface area is 159 Å². The first-order valence-electron chi connectivity index (χ1n) is 8.40. The van der Waals surface area contributed by atoms with Crippen LogP contribution in [0, 0.1) is 13.8 Å². The van der Waals surface area contributed by atoms with Gasteiger partial charge in [-0.15, -0.1) is 10.2 Å². The molecule has 0 fully saturated rings. The Kier molecular flexibility index (Phi) is 4.45. The molecule has 0 bridgehead atoms. The SMILES string of the molecule is Cc1c(C)n(C(=O)CSc2nnc(-c3ccc(O)cc3)o2)c2ccccc12. The highest BCUT2D eigenvalue weighted by Crippen LogP contribution is 2.27. The van der Waals surface area contributed by atoms with Crippen LogP contribution in [0.2, 0.25) is 0 Å². The van der Waals surface area contributed by atoms with Gasteiger partial charge in [-0.05, 0) is 49.7 Å². The van der Waals surface area contributed by atoms with Gasteiger partial charge in [-0.1, -0.05) is 30.0 Å². The minimum absolute atomic E-state index is 0.0359. The summed E-state index contributed by atoms with van der Waals surface area (Å²) in [7, 11) is 0. The molecule has 2 aromatic heterocycles. The van der Waals surface area contributed by atoms with Crippen molar-refractivity contribution in [3.05, 3.63) is 59.8 Å². The Bertz CT molecular complexity index is 1130. The van der Waals surface area contributed by atoms with Crippen molar-refractivity contribution in [3.63, 3.8) is 0 Å². The second kappa shape index (κ2) is 6.92. The third kappa shape index (κ3) is 3.21. The van der Waals surface area contributed by atoms with Gasteiger partial charge in [0.1, 0.15) is 5.75 Å². The van der Waals surface area contributed by atoms with Crippen molar-refractivity contribution in [1.82, 2.24) is 14.8 Å². The summed E-state index contributed by atoms with van der Waals surface area (Å²) < 4.78 is 7.36. The largest absolute Gasteiger partial charge is 0.508 e. The highest BCUT2D eigenvalue weighted by Gasteiger charge is 2.17. The lowest BCUT2D eigenvalue weighted by atomic mass is 10.2. The molecular formula is C20H17N3O3S. The smallest absolute Gasteiger partial charge is 0.277 e. The van der Waals surface area contributed by atoms with Crippen LogP contribution in [0.4, 0.5) is 0 Å². The molecular weight excluding hydrogens is 362 g/mol. The number of rotatable bonds is 4. The van der Waals surface area contributed by atoms with Gasteiger partial charge in [0.05, 0.1) is 11.3 Å². The van der Waals surface area contributed by atoms with Gasteiger partial charge in [0.15, 0.2) is 0 Å². The molecule has 1 N–H and O–H groups in total. The summed E-state index contributed by atoms with van der Waals surface area (Å²) in [6, 6.07) is 14.4. The molecule has 0 atom stereocenters. The Morgan fingerprint density at radius 3 is 2.63 bits per heavy atom. The van der Waals surface area contributed by atoms with E-state index in [2.05, 4.69) is 10.2 Å². The summed E-state index contributed by atoms with van der Waals surface area (Å²) in [4.78, 5) is 12.8.